The van der Waals surface area contributed by atoms with E-state index in [0.29, 0.717) is 5.69 Å². The molecule has 3 nitrogen and oxygen atoms in total. The molecular weight excluding hydrogens is 121 g/mol. The quantitative estimate of drug-likeness (QED) is 0.576. The first kappa shape index (κ1) is 8.07. The third-order valence-electron chi connectivity index (χ3n) is 0.664. The normalized spacial score (nSPS) is 8.00. The third kappa shape index (κ3) is 2.21. The van der Waals surface area contributed by atoms with Crippen LogP contribution in [-0.4, -0.2) is 15.4 Å². The molecule has 1 aromatic rings. The van der Waals surface area contributed by atoms with Crippen LogP contribution in [0.15, 0.2) is 0 Å². The summed E-state index contributed by atoms with van der Waals surface area (Å²) in [5.74, 6) is -0.528. The van der Waals surface area contributed by atoms with Crippen molar-refractivity contribution in [3.8, 4) is 0 Å². The number of H-pyrrole nitrogens is 1. The van der Waals surface area contributed by atoms with Crippen molar-refractivity contribution in [2.45, 2.75) is 20.8 Å². The van der Waals surface area contributed by atoms with Gasteiger partial charge in [-0.1, -0.05) is 13.8 Å². The second kappa shape index (κ2) is 4.00. The zero-order chi connectivity index (χ0) is 7.28. The molecule has 52 valence electrons. The van der Waals surface area contributed by atoms with Crippen LogP contribution in [0.3, 0.4) is 0 Å². The highest BCUT2D eigenvalue weighted by molar-refractivity contribution is 4.87. The molecule has 0 saturated heterocycles. The summed E-state index contributed by atoms with van der Waals surface area (Å²) in [6.07, 6.45) is 0. The van der Waals surface area contributed by atoms with Crippen LogP contribution in [0.1, 0.15) is 19.5 Å². The lowest BCUT2D eigenvalue weighted by Crippen LogP contribution is -1.73. The zero-order valence-corrected chi connectivity index (χ0v) is 5.77. The second-order valence-corrected chi connectivity index (χ2v) is 1.20. The first-order valence-corrected chi connectivity index (χ1v) is 2.83. The van der Waals surface area contributed by atoms with Crippen molar-refractivity contribution in [3.05, 3.63) is 11.6 Å². The molecule has 1 aromatic heterocycles. The molecule has 0 aromatic carbocycles. The number of rotatable bonds is 0. The molecule has 1 rings (SSSR count). The van der Waals surface area contributed by atoms with E-state index in [1.54, 1.807) is 6.92 Å². The van der Waals surface area contributed by atoms with Gasteiger partial charge < -0.3 is 0 Å². The molecule has 4 heteroatoms. The van der Waals surface area contributed by atoms with Crippen molar-refractivity contribution in [1.29, 1.82) is 0 Å². The van der Waals surface area contributed by atoms with Crippen LogP contribution in [0.4, 0.5) is 4.39 Å². The van der Waals surface area contributed by atoms with Crippen molar-refractivity contribution >= 4 is 0 Å². The summed E-state index contributed by atoms with van der Waals surface area (Å²) in [6, 6.07) is 0. The Morgan fingerprint density at radius 2 is 1.89 bits per heavy atom. The van der Waals surface area contributed by atoms with Gasteiger partial charge in [-0.15, -0.1) is 5.10 Å². The second-order valence-electron chi connectivity index (χ2n) is 1.20. The van der Waals surface area contributed by atoms with Gasteiger partial charge in [-0.05, 0) is 6.92 Å². The van der Waals surface area contributed by atoms with E-state index >= 15 is 0 Å². The van der Waals surface area contributed by atoms with Gasteiger partial charge in [-0.25, -0.2) is 0 Å². The number of nitrogens with zero attached hydrogens (tertiary/aromatic N) is 2. The fourth-order valence-electron chi connectivity index (χ4n) is 0.271. The molecule has 0 amide bonds. The van der Waals surface area contributed by atoms with Gasteiger partial charge in [0.2, 0.25) is 0 Å². The SMILES string of the molecule is CC.Cc1n[nH]nc1F. The van der Waals surface area contributed by atoms with Crippen LogP contribution < -0.4 is 0 Å². The van der Waals surface area contributed by atoms with E-state index in [2.05, 4.69) is 15.4 Å². The fraction of sp³-hybridized carbons (Fsp3) is 0.600. The Hall–Kier alpha value is -0.930. The van der Waals surface area contributed by atoms with Crippen molar-refractivity contribution in [1.82, 2.24) is 15.4 Å². The summed E-state index contributed by atoms with van der Waals surface area (Å²) in [4.78, 5) is 0. The Kier molecular flexibility index (Phi) is 3.59. The predicted molar refractivity (Wildman–Crippen MR) is 32.4 cm³/mol. The van der Waals surface area contributed by atoms with Crippen LogP contribution in [0, 0.1) is 12.9 Å². The molecular formula is C5H10FN3. The summed E-state index contributed by atoms with van der Waals surface area (Å²) in [6.45, 7) is 5.54. The van der Waals surface area contributed by atoms with Crippen LogP contribution in [0.2, 0.25) is 0 Å². The molecule has 0 unspecified atom stereocenters. The molecule has 0 radical (unpaired) electrons. The highest BCUT2D eigenvalue weighted by Crippen LogP contribution is 1.91. The van der Waals surface area contributed by atoms with Crippen molar-refractivity contribution in [2.24, 2.45) is 0 Å². The molecule has 0 bridgehead atoms. The number of halogens is 1. The van der Waals surface area contributed by atoms with Gasteiger partial charge in [0.15, 0.2) is 0 Å². The van der Waals surface area contributed by atoms with Gasteiger partial charge in [-0.3, -0.25) is 0 Å². The first-order chi connectivity index (χ1) is 4.30. The van der Waals surface area contributed by atoms with Crippen LogP contribution in [0.5, 0.6) is 0 Å². The molecule has 0 aliphatic rings. The van der Waals surface area contributed by atoms with Crippen LogP contribution >= 0.6 is 0 Å². The molecule has 1 heterocycles. The Labute approximate surface area is 53.3 Å². The molecule has 0 aliphatic heterocycles. The fourth-order valence-corrected chi connectivity index (χ4v) is 0.271. The van der Waals surface area contributed by atoms with Gasteiger partial charge in [0.05, 0.1) is 0 Å². The largest absolute Gasteiger partial charge is 0.255 e. The topological polar surface area (TPSA) is 41.6 Å². The van der Waals surface area contributed by atoms with Gasteiger partial charge in [0.1, 0.15) is 5.69 Å². The van der Waals surface area contributed by atoms with E-state index in [4.69, 9.17) is 0 Å². The maximum absolute atomic E-state index is 11.9. The summed E-state index contributed by atoms with van der Waals surface area (Å²) in [5, 5.41) is 8.64. The summed E-state index contributed by atoms with van der Waals surface area (Å²) in [7, 11) is 0. The van der Waals surface area contributed by atoms with E-state index < -0.39 is 5.95 Å². The third-order valence-corrected chi connectivity index (χ3v) is 0.664. The van der Waals surface area contributed by atoms with Crippen molar-refractivity contribution < 1.29 is 4.39 Å². The Morgan fingerprint density at radius 1 is 1.33 bits per heavy atom. The molecule has 9 heavy (non-hydrogen) atoms. The minimum Gasteiger partial charge on any atom is -0.195 e. The molecule has 0 fully saturated rings. The molecule has 1 N–H and O–H groups in total. The van der Waals surface area contributed by atoms with E-state index in [0.717, 1.165) is 0 Å². The van der Waals surface area contributed by atoms with E-state index in [1.165, 1.54) is 0 Å². The minimum atomic E-state index is -0.528. The lowest BCUT2D eigenvalue weighted by atomic mass is 10.6. The lowest BCUT2D eigenvalue weighted by Gasteiger charge is -1.69. The smallest absolute Gasteiger partial charge is 0.195 e. The van der Waals surface area contributed by atoms with Gasteiger partial charge >= 0.3 is 0 Å². The lowest BCUT2D eigenvalue weighted by molar-refractivity contribution is 0.572. The standard InChI is InChI=1S/C3H4FN3.C2H6/c1-2-3(4)6-7-5-2;1-2/h1H3,(H,5,6,7);1-2H3. The van der Waals surface area contributed by atoms with E-state index in [-0.39, 0.29) is 0 Å². The molecule has 0 atom stereocenters. The van der Waals surface area contributed by atoms with Gasteiger partial charge in [0, 0.05) is 0 Å². The summed E-state index contributed by atoms with van der Waals surface area (Å²) in [5.41, 5.74) is 0.306. The summed E-state index contributed by atoms with van der Waals surface area (Å²) >= 11 is 0. The number of aromatic nitrogens is 3. The van der Waals surface area contributed by atoms with Crippen molar-refractivity contribution in [3.63, 3.8) is 0 Å². The van der Waals surface area contributed by atoms with Gasteiger partial charge in [-0.2, -0.15) is 14.7 Å². The van der Waals surface area contributed by atoms with E-state index in [9.17, 15) is 4.39 Å². The minimum absolute atomic E-state index is 0.306. The number of aryl methyl sites for hydroxylation is 1. The average Bonchev–Trinajstić information content (AvgIpc) is 2.23. The number of nitrogens with one attached hydrogen (secondary N) is 1. The maximum Gasteiger partial charge on any atom is 0.255 e. The Bertz CT molecular complexity index is 144. The van der Waals surface area contributed by atoms with Crippen LogP contribution in [-0.2, 0) is 0 Å². The predicted octanol–water partition coefficient (Wildman–Crippen LogP) is 1.28. The van der Waals surface area contributed by atoms with Crippen molar-refractivity contribution in [2.75, 3.05) is 0 Å². The number of hydrogen-bond donors (Lipinski definition) is 1. The van der Waals surface area contributed by atoms with E-state index in [1.807, 2.05) is 13.8 Å². The van der Waals surface area contributed by atoms with Crippen LogP contribution in [0.25, 0.3) is 0 Å². The number of hydrogen-bond acceptors (Lipinski definition) is 2. The molecule has 0 saturated carbocycles. The molecule has 0 aliphatic carbocycles. The zero-order valence-electron chi connectivity index (χ0n) is 5.77. The highest BCUT2D eigenvalue weighted by atomic mass is 19.1. The first-order valence-electron chi connectivity index (χ1n) is 2.83. The monoisotopic (exact) mass is 131 g/mol. The Balaban J connectivity index is 0.000000291. The molecule has 0 spiro atoms. The maximum atomic E-state index is 11.9. The highest BCUT2D eigenvalue weighted by Gasteiger charge is 1.95. The van der Waals surface area contributed by atoms with Gasteiger partial charge in [0.25, 0.3) is 5.95 Å². The summed E-state index contributed by atoms with van der Waals surface area (Å²) < 4.78 is 11.9. The number of aromatic amines is 1. The average molecular weight is 131 g/mol. The Morgan fingerprint density at radius 3 is 2.00 bits per heavy atom.